The van der Waals surface area contributed by atoms with Crippen LogP contribution in [0.2, 0.25) is 10.0 Å². The summed E-state index contributed by atoms with van der Waals surface area (Å²) >= 11 is 12.0. The normalized spacial score (nSPS) is 11.2. The fourth-order valence-corrected chi connectivity index (χ4v) is 3.09. The van der Waals surface area contributed by atoms with Crippen LogP contribution >= 0.6 is 23.2 Å². The number of fused-ring (bicyclic) bond motifs is 1. The zero-order chi connectivity index (χ0) is 19.5. The molecule has 28 heavy (non-hydrogen) atoms. The maximum Gasteiger partial charge on any atom is 0.267 e. The van der Waals surface area contributed by atoms with E-state index >= 15 is 0 Å². The van der Waals surface area contributed by atoms with Crippen LogP contribution in [0, 0.1) is 0 Å². The van der Waals surface area contributed by atoms with Gasteiger partial charge in [-0.1, -0.05) is 59.6 Å². The van der Waals surface area contributed by atoms with Gasteiger partial charge < -0.3 is 0 Å². The molecule has 0 spiro atoms. The van der Waals surface area contributed by atoms with E-state index in [4.69, 9.17) is 23.2 Å². The molecule has 5 nitrogen and oxygen atoms in total. The second kappa shape index (κ2) is 7.84. The number of para-hydroxylation sites is 2. The number of nitrogens with one attached hydrogen (secondary N) is 1. The molecule has 0 saturated carbocycles. The average molecular weight is 409 g/mol. The molecule has 0 aliphatic carbocycles. The van der Waals surface area contributed by atoms with Crippen LogP contribution in [0.3, 0.4) is 0 Å². The molecule has 0 saturated heterocycles. The number of nitrogens with zero attached hydrogens (tertiary/aromatic N) is 3. The van der Waals surface area contributed by atoms with Crippen LogP contribution in [-0.4, -0.2) is 15.8 Å². The summed E-state index contributed by atoms with van der Waals surface area (Å²) in [5, 5.41) is 5.66. The molecule has 4 aromatic rings. The van der Waals surface area contributed by atoms with E-state index in [1.165, 1.54) is 4.57 Å². The van der Waals surface area contributed by atoms with Gasteiger partial charge in [-0.3, -0.25) is 4.79 Å². The van der Waals surface area contributed by atoms with Gasteiger partial charge in [-0.25, -0.2) is 15.0 Å². The lowest BCUT2D eigenvalue weighted by molar-refractivity contribution is 0.956. The Morgan fingerprint density at radius 2 is 1.68 bits per heavy atom. The van der Waals surface area contributed by atoms with Gasteiger partial charge in [0.05, 0.1) is 32.9 Å². The smallest absolute Gasteiger partial charge is 0.267 e. The first-order valence-electron chi connectivity index (χ1n) is 8.45. The molecule has 1 heterocycles. The Hall–Kier alpha value is -3.15. The van der Waals surface area contributed by atoms with Crippen molar-refractivity contribution in [2.45, 2.75) is 0 Å². The molecule has 4 rings (SSSR count). The highest BCUT2D eigenvalue weighted by Crippen LogP contribution is 2.22. The number of hydrogen-bond acceptors (Lipinski definition) is 4. The van der Waals surface area contributed by atoms with Crippen LogP contribution in [0.25, 0.3) is 16.6 Å². The Morgan fingerprint density at radius 3 is 2.46 bits per heavy atom. The number of aromatic nitrogens is 2. The molecule has 7 heteroatoms. The van der Waals surface area contributed by atoms with Gasteiger partial charge in [-0.15, -0.1) is 0 Å². The van der Waals surface area contributed by atoms with Gasteiger partial charge >= 0.3 is 0 Å². The zero-order valence-corrected chi connectivity index (χ0v) is 16.0. The summed E-state index contributed by atoms with van der Waals surface area (Å²) in [4.78, 5) is 17.6. The quantitative estimate of drug-likeness (QED) is 0.375. The van der Waals surface area contributed by atoms with Crippen molar-refractivity contribution in [1.29, 1.82) is 0 Å². The summed E-state index contributed by atoms with van der Waals surface area (Å²) in [6.45, 7) is 0. The first kappa shape index (κ1) is 18.2. The fourth-order valence-electron chi connectivity index (χ4n) is 2.78. The molecule has 0 aliphatic heterocycles. The van der Waals surface area contributed by atoms with E-state index in [1.54, 1.807) is 36.5 Å². The number of anilines is 1. The lowest BCUT2D eigenvalue weighted by Crippen LogP contribution is -2.22. The molecular weight excluding hydrogens is 395 g/mol. The largest absolute Gasteiger partial charge is 0.268 e. The maximum atomic E-state index is 13.1. The van der Waals surface area contributed by atoms with Gasteiger partial charge in [-0.2, -0.15) is 5.10 Å². The van der Waals surface area contributed by atoms with Crippen LogP contribution in [0.5, 0.6) is 0 Å². The van der Waals surface area contributed by atoms with E-state index in [0.717, 1.165) is 5.56 Å². The SMILES string of the molecule is O=c1c2ccccc2nc(N/N=C\c2ccc(Cl)c(Cl)c2)n1-c1ccccc1. The Bertz CT molecular complexity index is 1240. The van der Waals surface area contributed by atoms with Crippen molar-refractivity contribution in [3.05, 3.63) is 98.8 Å². The summed E-state index contributed by atoms with van der Waals surface area (Å²) in [5.74, 6) is 0.311. The monoisotopic (exact) mass is 408 g/mol. The average Bonchev–Trinajstić information content (AvgIpc) is 2.71. The molecule has 0 aliphatic rings. The van der Waals surface area contributed by atoms with Gasteiger partial charge in [-0.05, 0) is 42.0 Å². The predicted octanol–water partition coefficient (Wildman–Crippen LogP) is 5.14. The molecule has 0 amide bonds. The number of rotatable bonds is 4. The lowest BCUT2D eigenvalue weighted by atomic mass is 10.2. The van der Waals surface area contributed by atoms with Crippen LogP contribution < -0.4 is 11.0 Å². The summed E-state index contributed by atoms with van der Waals surface area (Å²) in [7, 11) is 0. The lowest BCUT2D eigenvalue weighted by Gasteiger charge is -2.12. The van der Waals surface area contributed by atoms with E-state index in [2.05, 4.69) is 15.5 Å². The van der Waals surface area contributed by atoms with E-state index in [0.29, 0.717) is 32.6 Å². The summed E-state index contributed by atoms with van der Waals surface area (Å²) in [5.41, 5.74) is 4.74. The molecule has 1 aromatic heterocycles. The molecule has 0 atom stereocenters. The minimum absolute atomic E-state index is 0.177. The van der Waals surface area contributed by atoms with Crippen molar-refractivity contribution in [3.63, 3.8) is 0 Å². The van der Waals surface area contributed by atoms with Crippen LogP contribution in [0.4, 0.5) is 5.95 Å². The molecule has 0 unspecified atom stereocenters. The van der Waals surface area contributed by atoms with Gasteiger partial charge in [0, 0.05) is 0 Å². The first-order valence-corrected chi connectivity index (χ1v) is 9.20. The third kappa shape index (κ3) is 3.63. The molecule has 3 aromatic carbocycles. The molecule has 0 fully saturated rings. The summed E-state index contributed by atoms with van der Waals surface area (Å²) < 4.78 is 1.49. The maximum absolute atomic E-state index is 13.1. The second-order valence-corrected chi connectivity index (χ2v) is 6.79. The fraction of sp³-hybridized carbons (Fsp3) is 0. The van der Waals surface area contributed by atoms with Crippen LogP contribution in [0.15, 0.2) is 82.7 Å². The third-order valence-electron chi connectivity index (χ3n) is 4.11. The van der Waals surface area contributed by atoms with Crippen molar-refractivity contribution in [2.75, 3.05) is 5.43 Å². The molecule has 1 N–H and O–H groups in total. The minimum Gasteiger partial charge on any atom is -0.268 e. The molecule has 138 valence electrons. The van der Waals surface area contributed by atoms with Crippen LogP contribution in [-0.2, 0) is 0 Å². The highest BCUT2D eigenvalue weighted by molar-refractivity contribution is 6.42. The van der Waals surface area contributed by atoms with Crippen molar-refractivity contribution < 1.29 is 0 Å². The van der Waals surface area contributed by atoms with Crippen molar-refractivity contribution in [2.24, 2.45) is 5.10 Å². The Morgan fingerprint density at radius 1 is 0.929 bits per heavy atom. The molecule has 0 bridgehead atoms. The highest BCUT2D eigenvalue weighted by Gasteiger charge is 2.12. The van der Waals surface area contributed by atoms with E-state index in [9.17, 15) is 4.79 Å². The van der Waals surface area contributed by atoms with Crippen molar-refractivity contribution >= 4 is 46.3 Å². The Labute approximate surface area is 170 Å². The van der Waals surface area contributed by atoms with Crippen LogP contribution in [0.1, 0.15) is 5.56 Å². The summed E-state index contributed by atoms with van der Waals surface area (Å²) in [6, 6.07) is 21.7. The van der Waals surface area contributed by atoms with Crippen molar-refractivity contribution in [1.82, 2.24) is 9.55 Å². The van der Waals surface area contributed by atoms with E-state index in [-0.39, 0.29) is 5.56 Å². The van der Waals surface area contributed by atoms with E-state index < -0.39 is 0 Å². The highest BCUT2D eigenvalue weighted by atomic mass is 35.5. The predicted molar refractivity (Wildman–Crippen MR) is 115 cm³/mol. The summed E-state index contributed by atoms with van der Waals surface area (Å²) in [6.07, 6.45) is 1.58. The molecular formula is C21H14Cl2N4O. The standard InChI is InChI=1S/C21H14Cl2N4O/c22-17-11-10-14(12-18(17)23)13-24-26-21-25-19-9-5-4-8-16(19)20(28)27(21)15-6-2-1-3-7-15/h1-13H,(H,25,26)/b24-13-. The third-order valence-corrected chi connectivity index (χ3v) is 4.85. The second-order valence-electron chi connectivity index (χ2n) is 5.97. The number of halogens is 2. The van der Waals surface area contributed by atoms with Gasteiger partial charge in [0.2, 0.25) is 5.95 Å². The molecule has 0 radical (unpaired) electrons. The number of benzene rings is 3. The zero-order valence-electron chi connectivity index (χ0n) is 14.5. The first-order chi connectivity index (χ1) is 13.6. The number of hydrazone groups is 1. The Kier molecular flexibility index (Phi) is 5.10. The van der Waals surface area contributed by atoms with Crippen molar-refractivity contribution in [3.8, 4) is 5.69 Å². The van der Waals surface area contributed by atoms with E-state index in [1.807, 2.05) is 42.5 Å². The number of hydrogen-bond donors (Lipinski definition) is 1. The Balaban J connectivity index is 1.78. The topological polar surface area (TPSA) is 59.3 Å². The van der Waals surface area contributed by atoms with Gasteiger partial charge in [0.25, 0.3) is 5.56 Å². The van der Waals surface area contributed by atoms with Gasteiger partial charge in [0.15, 0.2) is 0 Å². The van der Waals surface area contributed by atoms with Gasteiger partial charge in [0.1, 0.15) is 0 Å². The minimum atomic E-state index is -0.177.